The number of carboxylic acid groups (broad SMARTS) is 1. The molecule has 2 rings (SSSR count). The predicted octanol–water partition coefficient (Wildman–Crippen LogP) is 1.16. The largest absolute Gasteiger partial charge is 0.477 e. The Morgan fingerprint density at radius 3 is 2.86 bits per heavy atom. The zero-order chi connectivity index (χ0) is 10.1. The number of fused-ring (bicyclic) bond motifs is 1. The van der Waals surface area contributed by atoms with Crippen molar-refractivity contribution in [2.45, 2.75) is 6.61 Å². The number of thiophene rings is 1. The molecule has 0 saturated heterocycles. The summed E-state index contributed by atoms with van der Waals surface area (Å²) in [5, 5.41) is 17.1. The van der Waals surface area contributed by atoms with E-state index in [0.717, 1.165) is 11.3 Å². The molecule has 0 radical (unpaired) electrons. The Kier molecular flexibility index (Phi) is 2.28. The van der Waals surface area contributed by atoms with Gasteiger partial charge in [0, 0.05) is 0 Å². The standard InChI is InChI=1S/C7H6O6S/c8-7(9)6-5-4(11-2-12-5)3(14-6)1-13-10/h10H,1-2H2,(H,8,9). The maximum absolute atomic E-state index is 10.7. The van der Waals surface area contributed by atoms with E-state index >= 15 is 0 Å². The highest BCUT2D eigenvalue weighted by molar-refractivity contribution is 7.14. The van der Waals surface area contributed by atoms with Crippen molar-refractivity contribution in [3.63, 3.8) is 0 Å². The molecule has 0 atom stereocenters. The summed E-state index contributed by atoms with van der Waals surface area (Å²) in [6, 6.07) is 0. The number of aromatic carboxylic acids is 1. The second-order valence-electron chi connectivity index (χ2n) is 2.50. The summed E-state index contributed by atoms with van der Waals surface area (Å²) in [6.07, 6.45) is 0. The fraction of sp³-hybridized carbons (Fsp3) is 0.286. The van der Waals surface area contributed by atoms with Crippen molar-refractivity contribution in [2.24, 2.45) is 0 Å². The van der Waals surface area contributed by atoms with Crippen LogP contribution < -0.4 is 9.47 Å². The minimum absolute atomic E-state index is 0.00304. The lowest BCUT2D eigenvalue weighted by Gasteiger charge is -1.95. The predicted molar refractivity (Wildman–Crippen MR) is 44.8 cm³/mol. The van der Waals surface area contributed by atoms with Gasteiger partial charge in [-0.2, -0.15) is 0 Å². The molecule has 14 heavy (non-hydrogen) atoms. The first-order valence-corrected chi connectivity index (χ1v) is 4.46. The molecule has 1 aliphatic rings. The van der Waals surface area contributed by atoms with E-state index in [9.17, 15) is 4.79 Å². The van der Waals surface area contributed by atoms with E-state index in [0.29, 0.717) is 10.6 Å². The maximum atomic E-state index is 10.7. The Morgan fingerprint density at radius 1 is 1.50 bits per heavy atom. The Hall–Kier alpha value is -1.31. The maximum Gasteiger partial charge on any atom is 0.349 e. The summed E-state index contributed by atoms with van der Waals surface area (Å²) in [7, 11) is 0. The number of ether oxygens (including phenoxy) is 2. The molecule has 0 fully saturated rings. The lowest BCUT2D eigenvalue weighted by Crippen LogP contribution is -1.99. The molecule has 0 unspecified atom stereocenters. The van der Waals surface area contributed by atoms with Gasteiger partial charge in [-0.25, -0.2) is 9.68 Å². The minimum atomic E-state index is -1.08. The third-order valence-electron chi connectivity index (χ3n) is 1.69. The molecule has 1 aliphatic heterocycles. The van der Waals surface area contributed by atoms with Crippen LogP contribution in [0.25, 0.3) is 0 Å². The van der Waals surface area contributed by atoms with Crippen molar-refractivity contribution in [3.8, 4) is 11.5 Å². The average Bonchev–Trinajstić information content (AvgIpc) is 2.67. The molecule has 0 bridgehead atoms. The Bertz CT molecular complexity index is 371. The SMILES string of the molecule is O=C(O)c1sc(COO)c2c1OCO2. The smallest absolute Gasteiger partial charge is 0.349 e. The normalized spacial score (nSPS) is 13.2. The summed E-state index contributed by atoms with van der Waals surface area (Å²) in [5.74, 6) is -0.517. The fourth-order valence-corrected chi connectivity index (χ4v) is 2.10. The van der Waals surface area contributed by atoms with Crippen LogP contribution in [0.4, 0.5) is 0 Å². The quantitative estimate of drug-likeness (QED) is 0.585. The highest BCUT2D eigenvalue weighted by Crippen LogP contribution is 2.45. The van der Waals surface area contributed by atoms with Gasteiger partial charge in [0.25, 0.3) is 0 Å². The minimum Gasteiger partial charge on any atom is -0.477 e. The third-order valence-corrected chi connectivity index (χ3v) is 2.80. The molecule has 2 N–H and O–H groups in total. The highest BCUT2D eigenvalue weighted by atomic mass is 32.1. The molecule has 0 aliphatic carbocycles. The first kappa shape index (κ1) is 9.25. The van der Waals surface area contributed by atoms with Crippen LogP contribution in [-0.2, 0) is 11.5 Å². The Balaban J connectivity index is 2.44. The van der Waals surface area contributed by atoms with Crippen LogP contribution >= 0.6 is 11.3 Å². The molecule has 1 aromatic rings. The van der Waals surface area contributed by atoms with Gasteiger partial charge in [-0.15, -0.1) is 11.3 Å². The lowest BCUT2D eigenvalue weighted by atomic mass is 10.3. The molecule has 0 aromatic carbocycles. The van der Waals surface area contributed by atoms with Crippen LogP contribution in [0.2, 0.25) is 0 Å². The summed E-state index contributed by atoms with van der Waals surface area (Å²) in [4.78, 5) is 15.2. The van der Waals surface area contributed by atoms with Gasteiger partial charge in [0.05, 0.1) is 4.88 Å². The van der Waals surface area contributed by atoms with Crippen LogP contribution in [0.5, 0.6) is 11.5 Å². The van der Waals surface area contributed by atoms with E-state index in [4.69, 9.17) is 19.8 Å². The van der Waals surface area contributed by atoms with Crippen molar-refractivity contribution in [1.29, 1.82) is 0 Å². The van der Waals surface area contributed by atoms with Crippen molar-refractivity contribution in [2.75, 3.05) is 6.79 Å². The van der Waals surface area contributed by atoms with Crippen molar-refractivity contribution in [3.05, 3.63) is 9.75 Å². The van der Waals surface area contributed by atoms with E-state index in [-0.39, 0.29) is 24.0 Å². The van der Waals surface area contributed by atoms with E-state index in [1.54, 1.807) is 0 Å². The molecule has 7 heteroatoms. The van der Waals surface area contributed by atoms with Crippen LogP contribution in [0.3, 0.4) is 0 Å². The third kappa shape index (κ3) is 1.31. The molecule has 0 spiro atoms. The topological polar surface area (TPSA) is 85.2 Å². The van der Waals surface area contributed by atoms with Crippen LogP contribution in [0, 0.1) is 0 Å². The second-order valence-corrected chi connectivity index (χ2v) is 3.60. The van der Waals surface area contributed by atoms with Crippen LogP contribution in [0.15, 0.2) is 0 Å². The first-order chi connectivity index (χ1) is 6.74. The van der Waals surface area contributed by atoms with Gasteiger partial charge < -0.3 is 14.6 Å². The van der Waals surface area contributed by atoms with Gasteiger partial charge in [0.1, 0.15) is 6.61 Å². The van der Waals surface area contributed by atoms with Gasteiger partial charge in [-0.1, -0.05) is 0 Å². The summed E-state index contributed by atoms with van der Waals surface area (Å²) < 4.78 is 10.0. The van der Waals surface area contributed by atoms with Crippen molar-refractivity contribution in [1.82, 2.24) is 0 Å². The van der Waals surface area contributed by atoms with E-state index in [1.807, 2.05) is 0 Å². The average molecular weight is 218 g/mol. The number of carboxylic acids is 1. The summed E-state index contributed by atoms with van der Waals surface area (Å²) in [5.41, 5.74) is 0. The number of hydrogen-bond donors (Lipinski definition) is 2. The molecule has 0 saturated carbocycles. The molecule has 2 heterocycles. The van der Waals surface area contributed by atoms with Crippen molar-refractivity contribution < 1.29 is 29.5 Å². The van der Waals surface area contributed by atoms with Gasteiger partial charge in [0.2, 0.25) is 6.79 Å². The summed E-state index contributed by atoms with van der Waals surface area (Å²) in [6.45, 7) is -0.111. The second kappa shape index (κ2) is 3.45. The fourth-order valence-electron chi connectivity index (χ4n) is 1.16. The van der Waals surface area contributed by atoms with Crippen LogP contribution in [0.1, 0.15) is 14.5 Å². The van der Waals surface area contributed by atoms with Gasteiger partial charge >= 0.3 is 5.97 Å². The molecular weight excluding hydrogens is 212 g/mol. The van der Waals surface area contributed by atoms with Gasteiger partial charge in [-0.3, -0.25) is 5.26 Å². The molecule has 1 aromatic heterocycles. The Labute approximate surface area is 82.2 Å². The molecule has 0 amide bonds. The first-order valence-electron chi connectivity index (χ1n) is 3.65. The van der Waals surface area contributed by atoms with Gasteiger partial charge in [0.15, 0.2) is 16.4 Å². The van der Waals surface area contributed by atoms with E-state index in [1.165, 1.54) is 0 Å². The van der Waals surface area contributed by atoms with Crippen LogP contribution in [-0.4, -0.2) is 23.1 Å². The van der Waals surface area contributed by atoms with E-state index in [2.05, 4.69) is 4.89 Å². The molecular formula is C7H6O6S. The Morgan fingerprint density at radius 2 is 2.21 bits per heavy atom. The lowest BCUT2D eigenvalue weighted by molar-refractivity contribution is -0.252. The molecule has 6 nitrogen and oxygen atoms in total. The number of hydrogen-bond acceptors (Lipinski definition) is 6. The highest BCUT2D eigenvalue weighted by Gasteiger charge is 2.29. The number of carbonyl (C=O) groups is 1. The molecule has 76 valence electrons. The monoisotopic (exact) mass is 218 g/mol. The van der Waals surface area contributed by atoms with Gasteiger partial charge in [-0.05, 0) is 0 Å². The zero-order valence-corrected chi connectivity index (χ0v) is 7.67. The van der Waals surface area contributed by atoms with E-state index < -0.39 is 5.97 Å². The zero-order valence-electron chi connectivity index (χ0n) is 6.85. The summed E-state index contributed by atoms with van der Waals surface area (Å²) >= 11 is 0.960. The number of rotatable bonds is 3. The van der Waals surface area contributed by atoms with Crippen molar-refractivity contribution >= 4 is 17.3 Å².